The Morgan fingerprint density at radius 3 is 2.16 bits per heavy atom. The SMILES string of the molecule is CCCCCCCCN1C(=O)C(Sc2ccc(Cl)cc2)=C(c2ccc(OC)cc2)C1=O. The molecule has 0 unspecified atom stereocenters. The summed E-state index contributed by atoms with van der Waals surface area (Å²) in [6.07, 6.45) is 6.61. The van der Waals surface area contributed by atoms with E-state index < -0.39 is 0 Å². The van der Waals surface area contributed by atoms with E-state index in [1.807, 2.05) is 24.3 Å². The highest BCUT2D eigenvalue weighted by molar-refractivity contribution is 8.04. The number of hydrogen-bond donors (Lipinski definition) is 0. The molecule has 2 amide bonds. The van der Waals surface area contributed by atoms with Gasteiger partial charge in [-0.3, -0.25) is 14.5 Å². The number of methoxy groups -OCH3 is 1. The normalized spacial score (nSPS) is 14.0. The molecule has 1 heterocycles. The maximum absolute atomic E-state index is 13.3. The third-order valence-corrected chi connectivity index (χ3v) is 6.62. The van der Waals surface area contributed by atoms with Crippen LogP contribution in [0.3, 0.4) is 0 Å². The predicted octanol–water partition coefficient (Wildman–Crippen LogP) is 6.58. The lowest BCUT2D eigenvalue weighted by Gasteiger charge is -2.15. The Kier molecular flexibility index (Phi) is 8.61. The molecule has 0 N–H and O–H groups in total. The molecule has 0 aromatic heterocycles. The smallest absolute Gasteiger partial charge is 0.268 e. The van der Waals surface area contributed by atoms with Crippen molar-refractivity contribution in [3.63, 3.8) is 0 Å². The summed E-state index contributed by atoms with van der Waals surface area (Å²) >= 11 is 7.31. The fraction of sp³-hybridized carbons (Fsp3) is 0.360. The number of ether oxygens (including phenoxy) is 1. The number of nitrogens with zero attached hydrogens (tertiary/aromatic N) is 1. The van der Waals surface area contributed by atoms with Crippen LogP contribution < -0.4 is 4.74 Å². The Balaban J connectivity index is 1.82. The van der Waals surface area contributed by atoms with E-state index in [0.29, 0.717) is 27.8 Å². The molecule has 0 fully saturated rings. The second-order valence-corrected chi connectivity index (χ2v) is 9.04. The average molecular weight is 458 g/mol. The number of rotatable bonds is 11. The lowest BCUT2D eigenvalue weighted by atomic mass is 10.1. The zero-order chi connectivity index (χ0) is 22.2. The first-order valence-electron chi connectivity index (χ1n) is 10.7. The molecule has 0 radical (unpaired) electrons. The summed E-state index contributed by atoms with van der Waals surface area (Å²) in [5.74, 6) is 0.265. The van der Waals surface area contributed by atoms with Crippen molar-refractivity contribution in [2.24, 2.45) is 0 Å². The van der Waals surface area contributed by atoms with Gasteiger partial charge in [-0.1, -0.05) is 74.5 Å². The number of hydrogen-bond acceptors (Lipinski definition) is 4. The fourth-order valence-corrected chi connectivity index (χ4v) is 4.67. The van der Waals surface area contributed by atoms with Gasteiger partial charge in [0.25, 0.3) is 11.8 Å². The van der Waals surface area contributed by atoms with E-state index in [0.717, 1.165) is 29.7 Å². The second-order valence-electron chi connectivity index (χ2n) is 7.52. The third-order valence-electron chi connectivity index (χ3n) is 5.27. The van der Waals surface area contributed by atoms with Crippen LogP contribution in [0.1, 0.15) is 51.0 Å². The standard InChI is InChI=1S/C25H28ClNO3S/c1-3-4-5-6-7-8-17-27-24(28)22(18-9-13-20(30-2)14-10-18)23(25(27)29)31-21-15-11-19(26)12-16-21/h9-16H,3-8,17H2,1-2H3. The fourth-order valence-electron chi connectivity index (χ4n) is 3.53. The molecule has 0 spiro atoms. The van der Waals surface area contributed by atoms with E-state index in [2.05, 4.69) is 6.92 Å². The van der Waals surface area contributed by atoms with Crippen LogP contribution in [0.15, 0.2) is 58.3 Å². The van der Waals surface area contributed by atoms with Gasteiger partial charge in [-0.15, -0.1) is 0 Å². The first kappa shape index (κ1) is 23.4. The lowest BCUT2D eigenvalue weighted by molar-refractivity contribution is -0.136. The molecule has 0 saturated carbocycles. The van der Waals surface area contributed by atoms with Crippen molar-refractivity contribution in [1.82, 2.24) is 4.90 Å². The van der Waals surface area contributed by atoms with Gasteiger partial charge in [-0.2, -0.15) is 0 Å². The second kappa shape index (κ2) is 11.4. The number of imide groups is 1. The van der Waals surface area contributed by atoms with Crippen molar-refractivity contribution < 1.29 is 14.3 Å². The predicted molar refractivity (Wildman–Crippen MR) is 127 cm³/mol. The van der Waals surface area contributed by atoms with Gasteiger partial charge in [0.2, 0.25) is 0 Å². The molecule has 164 valence electrons. The van der Waals surface area contributed by atoms with Crippen molar-refractivity contribution in [2.45, 2.75) is 50.3 Å². The van der Waals surface area contributed by atoms with Gasteiger partial charge in [-0.05, 0) is 48.4 Å². The zero-order valence-electron chi connectivity index (χ0n) is 18.0. The average Bonchev–Trinajstić information content (AvgIpc) is 3.01. The molecular weight excluding hydrogens is 430 g/mol. The van der Waals surface area contributed by atoms with Crippen LogP contribution in [-0.4, -0.2) is 30.4 Å². The van der Waals surface area contributed by atoms with Gasteiger partial charge >= 0.3 is 0 Å². The van der Waals surface area contributed by atoms with Crippen LogP contribution in [0.5, 0.6) is 5.75 Å². The van der Waals surface area contributed by atoms with Crippen LogP contribution >= 0.6 is 23.4 Å². The van der Waals surface area contributed by atoms with Crippen LogP contribution in [0.25, 0.3) is 5.57 Å². The third kappa shape index (κ3) is 5.92. The van der Waals surface area contributed by atoms with Crippen molar-refractivity contribution in [2.75, 3.05) is 13.7 Å². The molecule has 0 saturated heterocycles. The summed E-state index contributed by atoms with van der Waals surface area (Å²) < 4.78 is 5.23. The van der Waals surface area contributed by atoms with Gasteiger partial charge in [0, 0.05) is 16.5 Å². The van der Waals surface area contributed by atoms with Gasteiger partial charge in [-0.25, -0.2) is 0 Å². The topological polar surface area (TPSA) is 46.6 Å². The number of thioether (sulfide) groups is 1. The maximum atomic E-state index is 13.3. The minimum atomic E-state index is -0.222. The van der Waals surface area contributed by atoms with Gasteiger partial charge in [0.15, 0.2) is 0 Å². The molecule has 6 heteroatoms. The Hall–Kier alpha value is -2.24. The Morgan fingerprint density at radius 1 is 0.871 bits per heavy atom. The molecule has 2 aromatic carbocycles. The summed E-state index contributed by atoms with van der Waals surface area (Å²) in [6, 6.07) is 14.6. The van der Waals surface area contributed by atoms with Gasteiger partial charge in [0.1, 0.15) is 5.75 Å². The highest BCUT2D eigenvalue weighted by atomic mass is 35.5. The molecule has 1 aliphatic rings. The number of carbonyl (C=O) groups excluding carboxylic acids is 2. The Labute approximate surface area is 193 Å². The minimum Gasteiger partial charge on any atom is -0.497 e. The van der Waals surface area contributed by atoms with Crippen LogP contribution in [0.4, 0.5) is 0 Å². The number of halogens is 1. The first-order chi connectivity index (χ1) is 15.0. The molecule has 0 bridgehead atoms. The highest BCUT2D eigenvalue weighted by Gasteiger charge is 2.39. The Morgan fingerprint density at radius 2 is 1.52 bits per heavy atom. The maximum Gasteiger partial charge on any atom is 0.268 e. The molecular formula is C25H28ClNO3S. The van der Waals surface area contributed by atoms with Crippen molar-refractivity contribution >= 4 is 40.8 Å². The minimum absolute atomic E-state index is 0.218. The van der Waals surface area contributed by atoms with Gasteiger partial charge < -0.3 is 4.74 Å². The van der Waals surface area contributed by atoms with Crippen molar-refractivity contribution in [1.29, 1.82) is 0 Å². The number of carbonyl (C=O) groups is 2. The molecule has 2 aromatic rings. The Bertz CT molecular complexity index is 938. The molecule has 0 atom stereocenters. The molecule has 31 heavy (non-hydrogen) atoms. The van der Waals surface area contributed by atoms with Crippen molar-refractivity contribution in [3.05, 3.63) is 64.0 Å². The van der Waals surface area contributed by atoms with Crippen LogP contribution in [0.2, 0.25) is 5.02 Å². The number of unbranched alkanes of at least 4 members (excludes halogenated alkanes) is 5. The summed E-state index contributed by atoms with van der Waals surface area (Å²) in [5, 5.41) is 0.632. The summed E-state index contributed by atoms with van der Waals surface area (Å²) in [4.78, 5) is 29.2. The first-order valence-corrected chi connectivity index (χ1v) is 11.9. The quantitative estimate of drug-likeness (QED) is 0.282. The monoisotopic (exact) mass is 457 g/mol. The summed E-state index contributed by atoms with van der Waals surface area (Å²) in [7, 11) is 1.60. The molecule has 0 aliphatic carbocycles. The van der Waals surface area contributed by atoms with E-state index in [1.165, 1.54) is 35.9 Å². The lowest BCUT2D eigenvalue weighted by Crippen LogP contribution is -2.32. The van der Waals surface area contributed by atoms with E-state index in [1.54, 1.807) is 31.4 Å². The summed E-state index contributed by atoms with van der Waals surface area (Å²) in [5.41, 5.74) is 1.18. The van der Waals surface area contributed by atoms with Crippen LogP contribution in [0, 0.1) is 0 Å². The van der Waals surface area contributed by atoms with E-state index >= 15 is 0 Å². The van der Waals surface area contributed by atoms with Crippen molar-refractivity contribution in [3.8, 4) is 5.75 Å². The zero-order valence-corrected chi connectivity index (χ0v) is 19.6. The van der Waals surface area contributed by atoms with E-state index in [4.69, 9.17) is 16.3 Å². The molecule has 4 nitrogen and oxygen atoms in total. The highest BCUT2D eigenvalue weighted by Crippen LogP contribution is 2.40. The van der Waals surface area contributed by atoms with Crippen LogP contribution in [-0.2, 0) is 9.59 Å². The number of benzene rings is 2. The molecule has 1 aliphatic heterocycles. The largest absolute Gasteiger partial charge is 0.497 e. The van der Waals surface area contributed by atoms with E-state index in [-0.39, 0.29) is 11.8 Å². The number of amides is 2. The van der Waals surface area contributed by atoms with Gasteiger partial charge in [0.05, 0.1) is 17.6 Å². The summed E-state index contributed by atoms with van der Waals surface area (Å²) in [6.45, 7) is 2.64. The molecule has 3 rings (SSSR count). The van der Waals surface area contributed by atoms with E-state index in [9.17, 15) is 9.59 Å².